The van der Waals surface area contributed by atoms with Crippen LogP contribution in [0.5, 0.6) is 5.75 Å². The molecule has 0 aliphatic carbocycles. The minimum atomic E-state index is -1.16. The Labute approximate surface area is 188 Å². The number of nitrogens with one attached hydrogen (secondary N) is 1. The van der Waals surface area contributed by atoms with Crippen LogP contribution in [-0.4, -0.2) is 51.7 Å². The van der Waals surface area contributed by atoms with Crippen LogP contribution >= 0.6 is 0 Å². The van der Waals surface area contributed by atoms with E-state index < -0.39 is 18.4 Å². The van der Waals surface area contributed by atoms with Gasteiger partial charge in [0, 0.05) is 25.2 Å². The average Bonchev–Trinajstić information content (AvgIpc) is 2.74. The van der Waals surface area contributed by atoms with E-state index in [2.05, 4.69) is 65.2 Å². The summed E-state index contributed by atoms with van der Waals surface area (Å²) in [6, 6.07) is 8.72. The van der Waals surface area contributed by atoms with Crippen LogP contribution in [0.2, 0.25) is 0 Å². The summed E-state index contributed by atoms with van der Waals surface area (Å²) < 4.78 is 0. The molecule has 1 saturated heterocycles. The number of aryl methyl sites for hydroxylation is 1. The second-order valence-corrected chi connectivity index (χ2v) is 9.43. The summed E-state index contributed by atoms with van der Waals surface area (Å²) in [5, 5.41) is 21.2. The number of benzene rings is 1. The fraction of sp³-hybridized carbons (Fsp3) is 0.500. The van der Waals surface area contributed by atoms with Gasteiger partial charge in [0.05, 0.1) is 5.69 Å². The first-order valence-corrected chi connectivity index (χ1v) is 11.0. The number of anilines is 1. The summed E-state index contributed by atoms with van der Waals surface area (Å²) in [7, 11) is 0. The summed E-state index contributed by atoms with van der Waals surface area (Å²) in [6.07, 6.45) is 2.56. The van der Waals surface area contributed by atoms with Crippen LogP contribution in [0.4, 0.5) is 5.69 Å². The summed E-state index contributed by atoms with van der Waals surface area (Å²) in [5.74, 6) is -1.33. The summed E-state index contributed by atoms with van der Waals surface area (Å²) in [5.41, 5.74) is 2.80. The number of aromatic hydroxyl groups is 1. The molecule has 3 N–H and O–H groups in total. The predicted molar refractivity (Wildman–Crippen MR) is 122 cm³/mol. The third-order valence-electron chi connectivity index (χ3n) is 5.88. The van der Waals surface area contributed by atoms with E-state index in [1.807, 2.05) is 0 Å². The molecule has 3 rings (SSSR count). The molecule has 172 valence electrons. The van der Waals surface area contributed by atoms with Gasteiger partial charge >= 0.3 is 5.97 Å². The van der Waals surface area contributed by atoms with E-state index in [1.54, 1.807) is 6.92 Å². The first kappa shape index (κ1) is 23.5. The lowest BCUT2D eigenvalue weighted by molar-refractivity contribution is -0.135. The number of aromatic nitrogens is 2. The number of amides is 1. The van der Waals surface area contributed by atoms with Crippen molar-refractivity contribution in [2.45, 2.75) is 52.4 Å². The number of hydrogen-bond acceptors (Lipinski definition) is 6. The molecule has 0 spiro atoms. The van der Waals surface area contributed by atoms with Gasteiger partial charge in [-0.05, 0) is 48.8 Å². The zero-order valence-corrected chi connectivity index (χ0v) is 19.2. The molecule has 2 heterocycles. The highest BCUT2D eigenvalue weighted by atomic mass is 16.4. The van der Waals surface area contributed by atoms with Crippen LogP contribution in [0, 0.1) is 12.8 Å². The first-order chi connectivity index (χ1) is 15.0. The van der Waals surface area contributed by atoms with Crippen LogP contribution in [0.3, 0.4) is 0 Å². The Bertz CT molecular complexity index is 992. The molecule has 0 radical (unpaired) electrons. The maximum atomic E-state index is 12.2. The molecule has 8 heteroatoms. The molecule has 8 nitrogen and oxygen atoms in total. The van der Waals surface area contributed by atoms with Crippen molar-refractivity contribution in [2.75, 3.05) is 24.5 Å². The van der Waals surface area contributed by atoms with Gasteiger partial charge in [0.1, 0.15) is 12.4 Å². The van der Waals surface area contributed by atoms with Gasteiger partial charge in [-0.1, -0.05) is 32.9 Å². The minimum Gasteiger partial charge on any atom is -0.504 e. The standard InChI is InChI=1S/C24H32N4O4/c1-15-22(31)21(23(32)25-14-20(29)30)27-19(26-15)12-16-8-10-28(11-9-16)18-7-5-6-17(13-18)24(2,3)4/h5-7,13,16,31H,8-12,14H2,1-4H3,(H,25,32)(H,29,30). The monoisotopic (exact) mass is 440 g/mol. The normalized spacial score (nSPS) is 14.9. The van der Waals surface area contributed by atoms with E-state index >= 15 is 0 Å². The Hall–Kier alpha value is -3.16. The van der Waals surface area contributed by atoms with Crippen LogP contribution in [0.15, 0.2) is 24.3 Å². The number of piperidine rings is 1. The minimum absolute atomic E-state index is 0.108. The molecular weight excluding hydrogens is 408 g/mol. The number of carbonyl (C=O) groups excluding carboxylic acids is 1. The number of aliphatic carboxylic acids is 1. The van der Waals surface area contributed by atoms with Crippen LogP contribution in [0.1, 0.15) is 61.2 Å². The van der Waals surface area contributed by atoms with Gasteiger partial charge in [-0.15, -0.1) is 0 Å². The van der Waals surface area contributed by atoms with Crippen molar-refractivity contribution in [1.29, 1.82) is 0 Å². The highest BCUT2D eigenvalue weighted by Crippen LogP contribution is 2.30. The quantitative estimate of drug-likeness (QED) is 0.632. The third kappa shape index (κ3) is 5.75. The summed E-state index contributed by atoms with van der Waals surface area (Å²) in [6.45, 7) is 9.59. The molecule has 1 amide bonds. The van der Waals surface area contributed by atoms with E-state index in [1.165, 1.54) is 11.3 Å². The Kier molecular flexibility index (Phi) is 7.01. The SMILES string of the molecule is Cc1nc(CC2CCN(c3cccc(C(C)(C)C)c3)CC2)nc(C(=O)NCC(=O)O)c1O. The largest absolute Gasteiger partial charge is 0.504 e. The van der Waals surface area contributed by atoms with Crippen LogP contribution in [0.25, 0.3) is 0 Å². The third-order valence-corrected chi connectivity index (χ3v) is 5.88. The molecule has 2 aromatic rings. The fourth-order valence-corrected chi connectivity index (χ4v) is 3.94. The molecule has 1 aliphatic rings. The number of carboxylic acids is 1. The molecular formula is C24H32N4O4. The van der Waals surface area contributed by atoms with Gasteiger partial charge in [-0.3, -0.25) is 9.59 Å². The summed E-state index contributed by atoms with van der Waals surface area (Å²) in [4.78, 5) is 33.9. The van der Waals surface area contributed by atoms with E-state index in [4.69, 9.17) is 5.11 Å². The zero-order valence-electron chi connectivity index (χ0n) is 19.2. The van der Waals surface area contributed by atoms with E-state index in [9.17, 15) is 14.7 Å². The Balaban J connectivity index is 1.65. The van der Waals surface area contributed by atoms with E-state index in [-0.39, 0.29) is 16.9 Å². The van der Waals surface area contributed by atoms with Crippen molar-refractivity contribution in [1.82, 2.24) is 15.3 Å². The lowest BCUT2D eigenvalue weighted by Crippen LogP contribution is -2.35. The maximum absolute atomic E-state index is 12.2. The first-order valence-electron chi connectivity index (χ1n) is 11.0. The van der Waals surface area contributed by atoms with Crippen molar-refractivity contribution in [3.63, 3.8) is 0 Å². The Morgan fingerprint density at radius 2 is 1.88 bits per heavy atom. The average molecular weight is 441 g/mol. The lowest BCUT2D eigenvalue weighted by atomic mass is 9.86. The predicted octanol–water partition coefficient (Wildman–Crippen LogP) is 3.06. The maximum Gasteiger partial charge on any atom is 0.322 e. The van der Waals surface area contributed by atoms with Gasteiger partial charge in [-0.25, -0.2) is 9.97 Å². The molecule has 0 bridgehead atoms. The fourth-order valence-electron chi connectivity index (χ4n) is 3.94. The number of rotatable bonds is 6. The summed E-state index contributed by atoms with van der Waals surface area (Å²) >= 11 is 0. The molecule has 1 fully saturated rings. The number of carbonyl (C=O) groups is 2. The smallest absolute Gasteiger partial charge is 0.322 e. The van der Waals surface area contributed by atoms with Gasteiger partial charge in [0.15, 0.2) is 11.4 Å². The van der Waals surface area contributed by atoms with E-state index in [0.29, 0.717) is 23.9 Å². The number of carboxylic acid groups (broad SMARTS) is 1. The molecule has 1 aromatic heterocycles. The highest BCUT2D eigenvalue weighted by molar-refractivity contribution is 5.96. The van der Waals surface area contributed by atoms with Gasteiger partial charge in [0.2, 0.25) is 0 Å². The second kappa shape index (κ2) is 9.54. The molecule has 1 aromatic carbocycles. The molecule has 0 unspecified atom stereocenters. The molecule has 32 heavy (non-hydrogen) atoms. The van der Waals surface area contributed by atoms with Gasteiger partial charge < -0.3 is 20.4 Å². The Morgan fingerprint density at radius 3 is 2.50 bits per heavy atom. The topological polar surface area (TPSA) is 116 Å². The van der Waals surface area contributed by atoms with Crippen molar-refractivity contribution in [3.05, 3.63) is 47.0 Å². The highest BCUT2D eigenvalue weighted by Gasteiger charge is 2.24. The van der Waals surface area contributed by atoms with Crippen LogP contribution in [-0.2, 0) is 16.6 Å². The molecule has 1 aliphatic heterocycles. The van der Waals surface area contributed by atoms with Gasteiger partial charge in [-0.2, -0.15) is 0 Å². The molecule has 0 atom stereocenters. The van der Waals surface area contributed by atoms with Crippen molar-refractivity contribution in [2.24, 2.45) is 5.92 Å². The van der Waals surface area contributed by atoms with Crippen molar-refractivity contribution < 1.29 is 19.8 Å². The number of nitrogens with zero attached hydrogens (tertiary/aromatic N) is 3. The Morgan fingerprint density at radius 1 is 1.19 bits per heavy atom. The van der Waals surface area contributed by atoms with E-state index in [0.717, 1.165) is 25.9 Å². The zero-order chi connectivity index (χ0) is 23.5. The van der Waals surface area contributed by atoms with Gasteiger partial charge in [0.25, 0.3) is 5.91 Å². The second-order valence-electron chi connectivity index (χ2n) is 9.43. The van der Waals surface area contributed by atoms with Crippen LogP contribution < -0.4 is 10.2 Å². The lowest BCUT2D eigenvalue weighted by Gasteiger charge is -2.34. The van der Waals surface area contributed by atoms with Crippen molar-refractivity contribution >= 4 is 17.6 Å². The van der Waals surface area contributed by atoms with Crippen molar-refractivity contribution in [3.8, 4) is 5.75 Å². The molecule has 0 saturated carbocycles. The number of hydrogen-bond donors (Lipinski definition) is 3.